The Labute approximate surface area is 109 Å². The van der Waals surface area contributed by atoms with E-state index in [0.717, 1.165) is 12.2 Å². The molecule has 0 bridgehead atoms. The summed E-state index contributed by atoms with van der Waals surface area (Å²) >= 11 is 0. The number of pyridine rings is 1. The fourth-order valence-corrected chi connectivity index (χ4v) is 2.28. The van der Waals surface area contributed by atoms with Crippen LogP contribution in [0.25, 0.3) is 0 Å². The van der Waals surface area contributed by atoms with E-state index in [2.05, 4.69) is 16.9 Å². The van der Waals surface area contributed by atoms with Crippen molar-refractivity contribution in [2.75, 3.05) is 20.2 Å². The Bertz CT molecular complexity index is 364. The van der Waals surface area contributed by atoms with Crippen LogP contribution in [0, 0.1) is 0 Å². The van der Waals surface area contributed by atoms with Crippen LogP contribution in [0.3, 0.4) is 0 Å². The van der Waals surface area contributed by atoms with Gasteiger partial charge in [0.05, 0.1) is 0 Å². The predicted octanol–water partition coefficient (Wildman–Crippen LogP) is 1.96. The highest BCUT2D eigenvalue weighted by Gasteiger charge is 2.19. The van der Waals surface area contributed by atoms with Gasteiger partial charge in [-0.25, -0.2) is 4.98 Å². The van der Waals surface area contributed by atoms with Gasteiger partial charge in [-0.1, -0.05) is 12.5 Å². The lowest BCUT2D eigenvalue weighted by atomic mass is 10.0. The molecule has 1 saturated heterocycles. The maximum atomic E-state index is 5.79. The molecule has 1 unspecified atom stereocenters. The van der Waals surface area contributed by atoms with Crippen molar-refractivity contribution in [3.8, 4) is 5.88 Å². The van der Waals surface area contributed by atoms with Crippen LogP contribution in [0.1, 0.15) is 37.8 Å². The third-order valence-corrected chi connectivity index (χ3v) is 3.63. The average molecular weight is 249 g/mol. The number of hydrogen-bond donors (Lipinski definition) is 1. The summed E-state index contributed by atoms with van der Waals surface area (Å²) in [5.41, 5.74) is 6.82. The Hall–Kier alpha value is -1.13. The van der Waals surface area contributed by atoms with Crippen molar-refractivity contribution in [2.45, 2.75) is 38.3 Å². The summed E-state index contributed by atoms with van der Waals surface area (Å²) in [5.74, 6) is 0.693. The fourth-order valence-electron chi connectivity index (χ4n) is 2.28. The molecule has 2 N–H and O–H groups in total. The summed E-state index contributed by atoms with van der Waals surface area (Å²) < 4.78 is 5.76. The van der Waals surface area contributed by atoms with E-state index in [-0.39, 0.29) is 6.04 Å². The van der Waals surface area contributed by atoms with E-state index in [0.29, 0.717) is 11.9 Å². The largest absolute Gasteiger partial charge is 0.476 e. The molecule has 100 valence electrons. The molecule has 0 aromatic carbocycles. The first-order valence-electron chi connectivity index (χ1n) is 6.71. The number of likely N-dealkylation sites (tertiary alicyclic amines) is 1. The van der Waals surface area contributed by atoms with Gasteiger partial charge in [0, 0.05) is 24.3 Å². The van der Waals surface area contributed by atoms with Crippen molar-refractivity contribution in [3.63, 3.8) is 0 Å². The van der Waals surface area contributed by atoms with E-state index in [1.54, 1.807) is 6.20 Å². The Kier molecular flexibility index (Phi) is 4.55. The van der Waals surface area contributed by atoms with Gasteiger partial charge in [-0.2, -0.15) is 0 Å². The Morgan fingerprint density at radius 2 is 2.33 bits per heavy atom. The number of nitrogens with two attached hydrogens (primary N) is 1. The number of nitrogens with zero attached hydrogens (tertiary/aromatic N) is 2. The van der Waals surface area contributed by atoms with E-state index in [1.807, 2.05) is 19.1 Å². The molecule has 2 rings (SSSR count). The van der Waals surface area contributed by atoms with Crippen LogP contribution >= 0.6 is 0 Å². The van der Waals surface area contributed by atoms with Gasteiger partial charge >= 0.3 is 0 Å². The topological polar surface area (TPSA) is 51.4 Å². The van der Waals surface area contributed by atoms with Gasteiger partial charge in [0.1, 0.15) is 6.61 Å². The number of rotatable bonds is 4. The fraction of sp³-hybridized carbons (Fsp3) is 0.643. The Balaban J connectivity index is 1.85. The summed E-state index contributed by atoms with van der Waals surface area (Å²) in [7, 11) is 2.17. The molecule has 0 spiro atoms. The van der Waals surface area contributed by atoms with Crippen molar-refractivity contribution in [2.24, 2.45) is 5.73 Å². The van der Waals surface area contributed by atoms with Gasteiger partial charge in [-0.3, -0.25) is 0 Å². The number of ether oxygens (including phenoxy) is 1. The van der Waals surface area contributed by atoms with E-state index in [4.69, 9.17) is 10.5 Å². The molecule has 18 heavy (non-hydrogen) atoms. The molecule has 1 fully saturated rings. The smallest absolute Gasteiger partial charge is 0.213 e. The molecule has 1 aliphatic rings. The second kappa shape index (κ2) is 6.16. The molecule has 1 aromatic rings. The molecule has 0 radical (unpaired) electrons. The van der Waals surface area contributed by atoms with E-state index in [9.17, 15) is 0 Å². The number of piperidine rings is 1. The molecule has 4 heteroatoms. The molecular weight excluding hydrogens is 226 g/mol. The van der Waals surface area contributed by atoms with Gasteiger partial charge in [-0.05, 0) is 38.9 Å². The minimum absolute atomic E-state index is 0.0241. The van der Waals surface area contributed by atoms with Crippen LogP contribution in [-0.4, -0.2) is 36.1 Å². The van der Waals surface area contributed by atoms with Crippen LogP contribution in [0.5, 0.6) is 5.88 Å². The lowest BCUT2D eigenvalue weighted by Crippen LogP contribution is -2.40. The van der Waals surface area contributed by atoms with Gasteiger partial charge in [-0.15, -0.1) is 0 Å². The molecule has 0 saturated carbocycles. The molecule has 0 amide bonds. The Morgan fingerprint density at radius 3 is 2.94 bits per heavy atom. The van der Waals surface area contributed by atoms with Crippen LogP contribution in [0.2, 0.25) is 0 Å². The highest BCUT2D eigenvalue weighted by molar-refractivity contribution is 5.20. The monoisotopic (exact) mass is 249 g/mol. The quantitative estimate of drug-likeness (QED) is 0.886. The molecule has 1 aromatic heterocycles. The van der Waals surface area contributed by atoms with Crippen LogP contribution in [0.4, 0.5) is 0 Å². The SMILES string of the molecule is C[C@@H](N)c1ccc(OCC2CCCCN2C)nc1. The molecule has 2 heterocycles. The maximum Gasteiger partial charge on any atom is 0.213 e. The summed E-state index contributed by atoms with van der Waals surface area (Å²) in [5, 5.41) is 0. The highest BCUT2D eigenvalue weighted by Crippen LogP contribution is 2.17. The zero-order valence-electron chi connectivity index (χ0n) is 11.3. The number of aromatic nitrogens is 1. The van der Waals surface area contributed by atoms with Gasteiger partial charge in [0.15, 0.2) is 0 Å². The predicted molar refractivity (Wildman–Crippen MR) is 72.6 cm³/mol. The summed E-state index contributed by atoms with van der Waals surface area (Å²) in [6, 6.07) is 4.43. The Morgan fingerprint density at radius 1 is 1.50 bits per heavy atom. The first-order valence-corrected chi connectivity index (χ1v) is 6.71. The highest BCUT2D eigenvalue weighted by atomic mass is 16.5. The lowest BCUT2D eigenvalue weighted by molar-refractivity contribution is 0.122. The first kappa shape index (κ1) is 13.3. The number of hydrogen-bond acceptors (Lipinski definition) is 4. The summed E-state index contributed by atoms with van der Waals surface area (Å²) in [6.45, 7) is 3.85. The van der Waals surface area contributed by atoms with Gasteiger partial charge < -0.3 is 15.4 Å². The summed E-state index contributed by atoms with van der Waals surface area (Å²) in [6.07, 6.45) is 5.61. The molecular formula is C14H23N3O. The second-order valence-corrected chi connectivity index (χ2v) is 5.16. The zero-order valence-corrected chi connectivity index (χ0v) is 11.3. The molecule has 1 aliphatic heterocycles. The molecule has 0 aliphatic carbocycles. The minimum atomic E-state index is 0.0241. The zero-order chi connectivity index (χ0) is 13.0. The van der Waals surface area contributed by atoms with Crippen molar-refractivity contribution >= 4 is 0 Å². The van der Waals surface area contributed by atoms with Crippen LogP contribution in [0.15, 0.2) is 18.3 Å². The van der Waals surface area contributed by atoms with Gasteiger partial charge in [0.25, 0.3) is 0 Å². The molecule has 4 nitrogen and oxygen atoms in total. The van der Waals surface area contributed by atoms with Crippen LogP contribution < -0.4 is 10.5 Å². The normalized spacial score (nSPS) is 22.7. The van der Waals surface area contributed by atoms with E-state index < -0.39 is 0 Å². The first-order chi connectivity index (χ1) is 8.66. The van der Waals surface area contributed by atoms with Gasteiger partial charge in [0.2, 0.25) is 5.88 Å². The molecule has 2 atom stereocenters. The maximum absolute atomic E-state index is 5.79. The lowest BCUT2D eigenvalue weighted by Gasteiger charge is -2.31. The van der Waals surface area contributed by atoms with E-state index in [1.165, 1.54) is 25.8 Å². The second-order valence-electron chi connectivity index (χ2n) is 5.16. The van der Waals surface area contributed by atoms with Crippen molar-refractivity contribution < 1.29 is 4.74 Å². The van der Waals surface area contributed by atoms with Crippen molar-refractivity contribution in [1.29, 1.82) is 0 Å². The third kappa shape index (κ3) is 3.43. The minimum Gasteiger partial charge on any atom is -0.476 e. The standard InChI is InChI=1S/C14H23N3O/c1-11(15)12-6-7-14(16-9-12)18-10-13-5-3-4-8-17(13)2/h6-7,9,11,13H,3-5,8,10,15H2,1-2H3/t11-,13?/m1/s1. The number of likely N-dealkylation sites (N-methyl/N-ethyl adjacent to an activating group) is 1. The third-order valence-electron chi connectivity index (χ3n) is 3.63. The van der Waals surface area contributed by atoms with E-state index >= 15 is 0 Å². The summed E-state index contributed by atoms with van der Waals surface area (Å²) in [4.78, 5) is 6.66. The average Bonchev–Trinajstić information content (AvgIpc) is 2.38. The van der Waals surface area contributed by atoms with Crippen molar-refractivity contribution in [3.05, 3.63) is 23.9 Å². The van der Waals surface area contributed by atoms with Crippen LogP contribution in [-0.2, 0) is 0 Å². The van der Waals surface area contributed by atoms with Crippen molar-refractivity contribution in [1.82, 2.24) is 9.88 Å².